The molecule has 7 N–H and O–H groups in total. The minimum absolute atomic E-state index is 0.0531. The Labute approximate surface area is 196 Å². The molecule has 186 valence electrons. The van der Waals surface area contributed by atoms with Gasteiger partial charge in [-0.05, 0) is 36.6 Å². The Morgan fingerprint density at radius 2 is 1.94 bits per heavy atom. The molecule has 9 nitrogen and oxygen atoms in total. The fourth-order valence-electron chi connectivity index (χ4n) is 2.95. The number of aliphatic hydroxyl groups excluding tert-OH is 1. The number of rotatable bonds is 5. The summed E-state index contributed by atoms with van der Waals surface area (Å²) in [7, 11) is 1.61. The van der Waals surface area contributed by atoms with Gasteiger partial charge in [-0.15, -0.1) is 0 Å². The Balaban J connectivity index is 0.000000520. The highest BCUT2D eigenvalue weighted by Gasteiger charge is 2.26. The van der Waals surface area contributed by atoms with Gasteiger partial charge in [-0.1, -0.05) is 34.1 Å². The Bertz CT molecular complexity index is 907. The van der Waals surface area contributed by atoms with Gasteiger partial charge in [-0.3, -0.25) is 14.4 Å². The van der Waals surface area contributed by atoms with Crippen molar-refractivity contribution in [3.8, 4) is 5.75 Å². The van der Waals surface area contributed by atoms with Gasteiger partial charge in [0.1, 0.15) is 11.9 Å². The largest absolute Gasteiger partial charge is 0.497 e. The number of ether oxygens (including phenoxy) is 1. The van der Waals surface area contributed by atoms with Crippen molar-refractivity contribution in [1.29, 1.82) is 0 Å². The van der Waals surface area contributed by atoms with E-state index in [1.54, 1.807) is 19.2 Å². The third-order valence-corrected chi connectivity index (χ3v) is 4.49. The average molecular weight is 466 g/mol. The predicted molar refractivity (Wildman–Crippen MR) is 131 cm³/mol. The van der Waals surface area contributed by atoms with Gasteiger partial charge in [0.25, 0.3) is 11.5 Å². The van der Waals surface area contributed by atoms with E-state index >= 15 is 0 Å². The van der Waals surface area contributed by atoms with Gasteiger partial charge in [0.2, 0.25) is 5.91 Å². The number of hydrogen-bond acceptors (Lipinski definition) is 5. The Morgan fingerprint density at radius 1 is 1.30 bits per heavy atom. The topological polar surface area (TPSA) is 151 Å². The maximum atomic E-state index is 11.5. The number of carbonyl (C=O) groups is 2. The fourth-order valence-corrected chi connectivity index (χ4v) is 2.95. The Hall–Kier alpha value is -2.91. The number of aryl methyl sites for hydroxylation is 1. The van der Waals surface area contributed by atoms with Crippen LogP contribution in [-0.4, -0.2) is 54.2 Å². The van der Waals surface area contributed by atoms with Crippen LogP contribution in [0.3, 0.4) is 0 Å². The van der Waals surface area contributed by atoms with E-state index in [0.717, 1.165) is 36.2 Å². The van der Waals surface area contributed by atoms with Crippen molar-refractivity contribution in [1.82, 2.24) is 10.3 Å². The molecule has 2 heterocycles. The van der Waals surface area contributed by atoms with Crippen LogP contribution in [0.25, 0.3) is 10.8 Å². The normalized spacial score (nSPS) is 14.9. The Kier molecular flexibility index (Phi) is 15.2. The molecule has 3 rings (SSSR count). The second kappa shape index (κ2) is 16.7. The summed E-state index contributed by atoms with van der Waals surface area (Å²) in [5.41, 5.74) is 5.63. The van der Waals surface area contributed by atoms with Gasteiger partial charge in [0.15, 0.2) is 6.04 Å². The van der Waals surface area contributed by atoms with Crippen LogP contribution in [0.1, 0.15) is 52.7 Å². The van der Waals surface area contributed by atoms with Crippen LogP contribution in [0.5, 0.6) is 5.75 Å². The zero-order valence-electron chi connectivity index (χ0n) is 20.7. The molecule has 1 fully saturated rings. The van der Waals surface area contributed by atoms with Gasteiger partial charge in [-0.25, -0.2) is 0 Å². The Morgan fingerprint density at radius 3 is 2.45 bits per heavy atom. The highest BCUT2D eigenvalue weighted by atomic mass is 16.5. The number of primary amides is 1. The molecule has 0 radical (unpaired) electrons. The van der Waals surface area contributed by atoms with Crippen LogP contribution in [0, 0.1) is 6.92 Å². The lowest BCUT2D eigenvalue weighted by Crippen LogP contribution is -2.89. The highest BCUT2D eigenvalue weighted by molar-refractivity contribution is 5.83. The summed E-state index contributed by atoms with van der Waals surface area (Å²) in [6.45, 7) is 11.0. The van der Waals surface area contributed by atoms with Gasteiger partial charge in [0.05, 0.1) is 20.2 Å². The van der Waals surface area contributed by atoms with Crippen molar-refractivity contribution in [2.75, 3.05) is 20.2 Å². The molecule has 9 heteroatoms. The molecule has 1 aromatic heterocycles. The van der Waals surface area contributed by atoms with Gasteiger partial charge in [-0.2, -0.15) is 0 Å². The number of methoxy groups -OCH3 is 1. The van der Waals surface area contributed by atoms with E-state index in [1.165, 1.54) is 6.42 Å². The van der Waals surface area contributed by atoms with E-state index in [2.05, 4.69) is 24.1 Å². The quantitative estimate of drug-likeness (QED) is 0.445. The number of carbonyl (C=O) groups excluding carboxylic acids is 2. The van der Waals surface area contributed by atoms with E-state index in [-0.39, 0.29) is 24.1 Å². The van der Waals surface area contributed by atoms with Crippen LogP contribution in [0.4, 0.5) is 0 Å². The molecule has 2 unspecified atom stereocenters. The van der Waals surface area contributed by atoms with Gasteiger partial charge in [0, 0.05) is 23.9 Å². The summed E-state index contributed by atoms with van der Waals surface area (Å²) >= 11 is 0. The van der Waals surface area contributed by atoms with Crippen molar-refractivity contribution in [3.05, 3.63) is 40.3 Å². The van der Waals surface area contributed by atoms with Crippen molar-refractivity contribution in [3.63, 3.8) is 0 Å². The average Bonchev–Trinajstić information content (AvgIpc) is 3.34. The van der Waals surface area contributed by atoms with Crippen LogP contribution in [0.15, 0.2) is 29.1 Å². The van der Waals surface area contributed by atoms with Crippen LogP contribution in [-0.2, 0) is 9.59 Å². The van der Waals surface area contributed by atoms with E-state index in [1.807, 2.05) is 38.2 Å². The van der Waals surface area contributed by atoms with Gasteiger partial charge >= 0.3 is 0 Å². The van der Waals surface area contributed by atoms with E-state index < -0.39 is 12.0 Å². The molecular formula is C24H41N4O5+. The summed E-state index contributed by atoms with van der Waals surface area (Å²) in [5.74, 6) is -0.189. The van der Waals surface area contributed by atoms with Crippen molar-refractivity contribution in [2.24, 2.45) is 5.73 Å². The van der Waals surface area contributed by atoms with E-state index in [0.29, 0.717) is 5.39 Å². The predicted octanol–water partition coefficient (Wildman–Crippen LogP) is 0.962. The standard InChI is InChI=1S/C11H11NO2.C8H15N3O3.C3H8.C2H6/c1-7-5-8-6-9(14-2)3-4-10(8)11(13)12-7;9-7(13)6(12)4-11-8(14)5-2-1-3-10-5;1-3-2;1-2/h3-6H,1-2H3,(H,12,13);5-6,10,12H,1-4H2,(H2,9,13)(H,11,14);3H2,1-2H3;1-2H3/p+1. The zero-order valence-corrected chi connectivity index (χ0v) is 20.7. The van der Waals surface area contributed by atoms with Crippen molar-refractivity contribution in [2.45, 2.75) is 66.0 Å². The first kappa shape index (κ1) is 30.1. The maximum absolute atomic E-state index is 11.5. The first-order valence-electron chi connectivity index (χ1n) is 11.5. The fraction of sp³-hybridized carbons (Fsp3) is 0.542. The second-order valence-corrected chi connectivity index (χ2v) is 7.38. The molecule has 1 saturated heterocycles. The monoisotopic (exact) mass is 465 g/mol. The van der Waals surface area contributed by atoms with E-state index in [9.17, 15) is 14.4 Å². The number of hydrogen-bond donors (Lipinski definition) is 5. The lowest BCUT2D eigenvalue weighted by molar-refractivity contribution is -0.657. The molecule has 0 saturated carbocycles. The summed E-state index contributed by atoms with van der Waals surface area (Å²) in [4.78, 5) is 36.1. The molecule has 0 aliphatic carbocycles. The summed E-state index contributed by atoms with van der Waals surface area (Å²) in [5, 5.41) is 15.1. The minimum Gasteiger partial charge on any atom is -0.497 e. The number of nitrogens with two attached hydrogens (primary N) is 2. The lowest BCUT2D eigenvalue weighted by atomic mass is 10.1. The van der Waals surface area contributed by atoms with Crippen LogP contribution >= 0.6 is 0 Å². The number of pyridine rings is 1. The van der Waals surface area contributed by atoms with Crippen LogP contribution < -0.4 is 26.7 Å². The maximum Gasteiger partial charge on any atom is 0.278 e. The molecule has 2 amide bonds. The SMILES string of the molecule is CC.CCC.COc1ccc2c(=O)[nH]c(C)cc2c1.NC(=O)C(O)CNC(=O)C1CCC[NH2+]1. The molecule has 2 aromatic rings. The van der Waals surface area contributed by atoms with Crippen molar-refractivity contribution >= 4 is 22.6 Å². The molecule has 1 aliphatic heterocycles. The number of aromatic nitrogens is 1. The zero-order chi connectivity index (χ0) is 25.4. The molecular weight excluding hydrogens is 424 g/mol. The minimum atomic E-state index is -1.29. The number of amides is 2. The third kappa shape index (κ3) is 11.0. The molecule has 0 spiro atoms. The molecule has 1 aromatic carbocycles. The van der Waals surface area contributed by atoms with Gasteiger partial charge < -0.3 is 31.2 Å². The first-order valence-corrected chi connectivity index (χ1v) is 11.5. The highest BCUT2D eigenvalue weighted by Crippen LogP contribution is 2.18. The van der Waals surface area contributed by atoms with E-state index in [4.69, 9.17) is 15.6 Å². The lowest BCUT2D eigenvalue weighted by Gasteiger charge is -2.10. The van der Waals surface area contributed by atoms with Crippen molar-refractivity contribution < 1.29 is 24.7 Å². The molecule has 0 bridgehead atoms. The summed E-state index contributed by atoms with van der Waals surface area (Å²) in [6.07, 6.45) is 1.83. The number of aliphatic hydroxyl groups is 1. The number of fused-ring (bicyclic) bond motifs is 1. The summed E-state index contributed by atoms with van der Waals surface area (Å²) < 4.78 is 5.09. The summed E-state index contributed by atoms with van der Waals surface area (Å²) in [6, 6.07) is 7.27. The number of quaternary nitrogens is 1. The number of nitrogens with one attached hydrogen (secondary N) is 2. The van der Waals surface area contributed by atoms with Crippen LogP contribution in [0.2, 0.25) is 0 Å². The number of H-pyrrole nitrogens is 1. The smallest absolute Gasteiger partial charge is 0.278 e. The number of benzene rings is 1. The number of aromatic amines is 1. The molecule has 1 aliphatic rings. The second-order valence-electron chi connectivity index (χ2n) is 7.38. The first-order chi connectivity index (χ1) is 15.7. The third-order valence-electron chi connectivity index (χ3n) is 4.49. The molecule has 2 atom stereocenters. The molecule has 33 heavy (non-hydrogen) atoms.